The zero-order chi connectivity index (χ0) is 14.8. The predicted octanol–water partition coefficient (Wildman–Crippen LogP) is 3.75. The van der Waals surface area contributed by atoms with Crippen LogP contribution in [-0.4, -0.2) is 4.98 Å². The predicted molar refractivity (Wildman–Crippen MR) is 87.1 cm³/mol. The van der Waals surface area contributed by atoms with Crippen molar-refractivity contribution >= 4 is 22.5 Å². The Balaban J connectivity index is 2.21. The highest BCUT2D eigenvalue weighted by Crippen LogP contribution is 2.31. The molecule has 0 aliphatic rings. The molecule has 0 aliphatic carbocycles. The van der Waals surface area contributed by atoms with E-state index in [1.54, 1.807) is 6.20 Å². The highest BCUT2D eigenvalue weighted by atomic mass is 35.5. The molecule has 0 fully saturated rings. The van der Waals surface area contributed by atoms with E-state index in [0.717, 1.165) is 32.6 Å². The van der Waals surface area contributed by atoms with Crippen molar-refractivity contribution in [2.24, 2.45) is 5.84 Å². The van der Waals surface area contributed by atoms with Crippen LogP contribution in [0.25, 0.3) is 10.9 Å². The average Bonchev–Trinajstić information content (AvgIpc) is 2.52. The van der Waals surface area contributed by atoms with Crippen LogP contribution in [-0.2, 0) is 0 Å². The molecule has 2 aromatic carbocycles. The second-order valence-corrected chi connectivity index (χ2v) is 5.38. The Kier molecular flexibility index (Phi) is 3.88. The van der Waals surface area contributed by atoms with E-state index in [2.05, 4.69) is 22.5 Å². The van der Waals surface area contributed by atoms with Crippen molar-refractivity contribution in [3.05, 3.63) is 76.4 Å². The third-order valence-corrected chi connectivity index (χ3v) is 4.19. The number of hydrazine groups is 1. The molecular weight excluding hydrogens is 282 g/mol. The van der Waals surface area contributed by atoms with E-state index in [0.29, 0.717) is 0 Å². The van der Waals surface area contributed by atoms with Crippen LogP contribution in [0.2, 0.25) is 5.02 Å². The lowest BCUT2D eigenvalue weighted by Gasteiger charge is -2.21. The van der Waals surface area contributed by atoms with Crippen LogP contribution in [0.5, 0.6) is 0 Å². The van der Waals surface area contributed by atoms with Crippen LogP contribution in [0, 0.1) is 6.92 Å². The topological polar surface area (TPSA) is 50.9 Å². The summed E-state index contributed by atoms with van der Waals surface area (Å²) in [6, 6.07) is 15.8. The minimum Gasteiger partial charge on any atom is -0.271 e. The van der Waals surface area contributed by atoms with Gasteiger partial charge in [-0.3, -0.25) is 10.8 Å². The van der Waals surface area contributed by atoms with Gasteiger partial charge in [0.05, 0.1) is 11.6 Å². The molecule has 0 spiro atoms. The zero-order valence-electron chi connectivity index (χ0n) is 11.7. The van der Waals surface area contributed by atoms with Crippen molar-refractivity contribution in [3.8, 4) is 0 Å². The summed E-state index contributed by atoms with van der Waals surface area (Å²) in [6.07, 6.45) is 1.79. The Morgan fingerprint density at radius 3 is 2.62 bits per heavy atom. The molecular formula is C17H16ClN3. The van der Waals surface area contributed by atoms with E-state index < -0.39 is 0 Å². The molecule has 0 aliphatic heterocycles. The Labute approximate surface area is 128 Å². The first-order valence-corrected chi connectivity index (χ1v) is 7.15. The van der Waals surface area contributed by atoms with Gasteiger partial charge in [-0.15, -0.1) is 0 Å². The van der Waals surface area contributed by atoms with Crippen LogP contribution < -0.4 is 11.3 Å². The average molecular weight is 298 g/mol. The number of aromatic nitrogens is 1. The van der Waals surface area contributed by atoms with Gasteiger partial charge in [0.2, 0.25) is 0 Å². The van der Waals surface area contributed by atoms with E-state index >= 15 is 0 Å². The van der Waals surface area contributed by atoms with E-state index in [1.165, 1.54) is 0 Å². The molecule has 4 heteroatoms. The highest BCUT2D eigenvalue weighted by Gasteiger charge is 2.18. The van der Waals surface area contributed by atoms with Gasteiger partial charge in [-0.25, -0.2) is 5.43 Å². The van der Waals surface area contributed by atoms with Gasteiger partial charge in [-0.2, -0.15) is 0 Å². The molecule has 0 radical (unpaired) electrons. The Morgan fingerprint density at radius 1 is 1.05 bits per heavy atom. The zero-order valence-corrected chi connectivity index (χ0v) is 12.4. The van der Waals surface area contributed by atoms with Gasteiger partial charge in [-0.1, -0.05) is 41.9 Å². The normalized spacial score (nSPS) is 12.5. The fourth-order valence-corrected chi connectivity index (χ4v) is 2.84. The summed E-state index contributed by atoms with van der Waals surface area (Å²) in [6.45, 7) is 2.01. The molecule has 0 saturated heterocycles. The fraction of sp³-hybridized carbons (Fsp3) is 0.118. The molecule has 1 atom stereocenters. The van der Waals surface area contributed by atoms with Crippen molar-refractivity contribution in [2.45, 2.75) is 13.0 Å². The molecule has 1 aromatic heterocycles. The maximum atomic E-state index is 6.24. The second kappa shape index (κ2) is 5.82. The van der Waals surface area contributed by atoms with Crippen molar-refractivity contribution in [3.63, 3.8) is 0 Å². The SMILES string of the molecule is Cc1c(Cl)cccc1C(NN)c1cccc2ncccc12. The summed E-state index contributed by atoms with van der Waals surface area (Å²) in [5.41, 5.74) is 7.05. The minimum atomic E-state index is -0.128. The first kappa shape index (κ1) is 14.0. The molecule has 106 valence electrons. The summed E-state index contributed by atoms with van der Waals surface area (Å²) in [4.78, 5) is 4.40. The van der Waals surface area contributed by atoms with Crippen molar-refractivity contribution < 1.29 is 0 Å². The van der Waals surface area contributed by atoms with Crippen LogP contribution in [0.15, 0.2) is 54.7 Å². The van der Waals surface area contributed by atoms with Crippen molar-refractivity contribution in [1.29, 1.82) is 0 Å². The lowest BCUT2D eigenvalue weighted by Crippen LogP contribution is -2.29. The number of nitrogens with two attached hydrogens (primary N) is 1. The molecule has 3 N–H and O–H groups in total. The monoisotopic (exact) mass is 297 g/mol. The number of rotatable bonds is 3. The van der Waals surface area contributed by atoms with E-state index in [1.807, 2.05) is 43.3 Å². The Bertz CT molecular complexity index is 781. The summed E-state index contributed by atoms with van der Waals surface area (Å²) in [5, 5.41) is 1.83. The number of hydrogen-bond acceptors (Lipinski definition) is 3. The van der Waals surface area contributed by atoms with Crippen LogP contribution in [0.3, 0.4) is 0 Å². The van der Waals surface area contributed by atoms with Gasteiger partial charge in [0, 0.05) is 16.6 Å². The summed E-state index contributed by atoms with van der Waals surface area (Å²) >= 11 is 6.24. The number of halogens is 1. The molecule has 1 unspecified atom stereocenters. The van der Waals surface area contributed by atoms with Gasteiger partial charge in [0.15, 0.2) is 0 Å². The first-order valence-electron chi connectivity index (χ1n) is 6.77. The van der Waals surface area contributed by atoms with Gasteiger partial charge >= 0.3 is 0 Å². The van der Waals surface area contributed by atoms with Crippen molar-refractivity contribution in [2.75, 3.05) is 0 Å². The quantitative estimate of drug-likeness (QED) is 0.572. The van der Waals surface area contributed by atoms with Gasteiger partial charge < -0.3 is 0 Å². The number of benzene rings is 2. The highest BCUT2D eigenvalue weighted by molar-refractivity contribution is 6.31. The smallest absolute Gasteiger partial charge is 0.0719 e. The van der Waals surface area contributed by atoms with Gasteiger partial charge in [0.25, 0.3) is 0 Å². The summed E-state index contributed by atoms with van der Waals surface area (Å²) < 4.78 is 0. The Hall–Kier alpha value is -1.94. The molecule has 3 aromatic rings. The molecule has 3 nitrogen and oxygen atoms in total. The fourth-order valence-electron chi connectivity index (χ4n) is 2.66. The maximum Gasteiger partial charge on any atom is 0.0719 e. The third kappa shape index (κ3) is 2.51. The van der Waals surface area contributed by atoms with E-state index in [9.17, 15) is 0 Å². The van der Waals surface area contributed by atoms with E-state index in [-0.39, 0.29) is 6.04 Å². The van der Waals surface area contributed by atoms with Gasteiger partial charge in [-0.05, 0) is 41.8 Å². The molecule has 1 heterocycles. The molecule has 0 bridgehead atoms. The summed E-state index contributed by atoms with van der Waals surface area (Å²) in [7, 11) is 0. The minimum absolute atomic E-state index is 0.128. The number of nitrogens with one attached hydrogen (secondary N) is 1. The third-order valence-electron chi connectivity index (χ3n) is 3.78. The standard InChI is InChI=1S/C17H16ClN3/c1-11-12(5-2-8-15(11)18)17(21-19)14-6-3-9-16-13(14)7-4-10-20-16/h2-10,17,21H,19H2,1H3. The van der Waals surface area contributed by atoms with Crippen molar-refractivity contribution in [1.82, 2.24) is 10.4 Å². The van der Waals surface area contributed by atoms with Crippen LogP contribution in [0.4, 0.5) is 0 Å². The molecule has 0 saturated carbocycles. The summed E-state index contributed by atoms with van der Waals surface area (Å²) in [5.74, 6) is 5.83. The largest absolute Gasteiger partial charge is 0.271 e. The number of pyridine rings is 1. The molecule has 21 heavy (non-hydrogen) atoms. The Morgan fingerprint density at radius 2 is 1.81 bits per heavy atom. The second-order valence-electron chi connectivity index (χ2n) is 4.97. The lowest BCUT2D eigenvalue weighted by molar-refractivity contribution is 0.637. The first-order chi connectivity index (χ1) is 10.2. The molecule has 3 rings (SSSR count). The molecule has 0 amide bonds. The number of nitrogens with zero attached hydrogens (tertiary/aromatic N) is 1. The maximum absolute atomic E-state index is 6.24. The van der Waals surface area contributed by atoms with E-state index in [4.69, 9.17) is 17.4 Å². The lowest BCUT2D eigenvalue weighted by atomic mass is 9.93. The van der Waals surface area contributed by atoms with Crippen LogP contribution >= 0.6 is 11.6 Å². The van der Waals surface area contributed by atoms with Gasteiger partial charge in [0.1, 0.15) is 0 Å². The number of hydrogen-bond donors (Lipinski definition) is 2. The van der Waals surface area contributed by atoms with Crippen LogP contribution in [0.1, 0.15) is 22.7 Å². The number of fused-ring (bicyclic) bond motifs is 1.